The van der Waals surface area contributed by atoms with Gasteiger partial charge in [0.15, 0.2) is 0 Å². The summed E-state index contributed by atoms with van der Waals surface area (Å²) in [6, 6.07) is 7.40. The minimum atomic E-state index is -0.457. The minimum Gasteiger partial charge on any atom is -0.444 e. The molecule has 140 valence electrons. The molecule has 1 aliphatic rings. The molecule has 0 spiro atoms. The molecule has 3 rings (SSSR count). The summed E-state index contributed by atoms with van der Waals surface area (Å²) in [5.41, 5.74) is 0.206. The zero-order chi connectivity index (χ0) is 18.7. The highest BCUT2D eigenvalue weighted by Crippen LogP contribution is 2.23. The second-order valence-corrected chi connectivity index (χ2v) is 7.98. The number of likely N-dealkylation sites (tertiary alicyclic amines) is 1. The summed E-state index contributed by atoms with van der Waals surface area (Å²) in [5.74, 6) is 1.27. The Morgan fingerprint density at radius 2 is 1.96 bits per heavy atom. The second-order valence-electron chi connectivity index (χ2n) is 7.98. The summed E-state index contributed by atoms with van der Waals surface area (Å²) in [5, 5.41) is 0.627. The molecule has 6 heteroatoms. The van der Waals surface area contributed by atoms with E-state index >= 15 is 0 Å². The van der Waals surface area contributed by atoms with Crippen LogP contribution in [-0.2, 0) is 11.2 Å². The molecule has 0 unspecified atom stereocenters. The van der Waals surface area contributed by atoms with Gasteiger partial charge in [0, 0.05) is 19.5 Å². The van der Waals surface area contributed by atoms with Crippen molar-refractivity contribution in [3.63, 3.8) is 0 Å². The lowest BCUT2D eigenvalue weighted by molar-refractivity contribution is 0.0181. The van der Waals surface area contributed by atoms with Gasteiger partial charge in [0.25, 0.3) is 5.56 Å². The molecule has 0 aliphatic carbocycles. The molecular formula is C20H27N3O3. The third-order valence-electron chi connectivity index (χ3n) is 4.72. The average molecular weight is 357 g/mol. The molecule has 1 fully saturated rings. The van der Waals surface area contributed by atoms with Gasteiger partial charge in [-0.3, -0.25) is 4.79 Å². The minimum absolute atomic E-state index is 0.0784. The van der Waals surface area contributed by atoms with Crippen LogP contribution >= 0.6 is 0 Å². The van der Waals surface area contributed by atoms with Crippen LogP contribution < -0.4 is 5.56 Å². The van der Waals surface area contributed by atoms with E-state index in [1.807, 2.05) is 39.0 Å². The number of benzene rings is 1. The fourth-order valence-corrected chi connectivity index (χ4v) is 3.32. The summed E-state index contributed by atoms with van der Waals surface area (Å²) in [6.45, 7) is 7.10. The lowest BCUT2D eigenvalue weighted by Crippen LogP contribution is -2.41. The molecule has 2 aromatic rings. The van der Waals surface area contributed by atoms with E-state index in [2.05, 4.69) is 9.97 Å². The van der Waals surface area contributed by atoms with E-state index < -0.39 is 5.60 Å². The number of para-hydroxylation sites is 1. The van der Waals surface area contributed by atoms with Crippen molar-refractivity contribution in [3.8, 4) is 0 Å². The van der Waals surface area contributed by atoms with Crippen LogP contribution in [0.25, 0.3) is 10.9 Å². The molecule has 0 saturated carbocycles. The average Bonchev–Trinajstić information content (AvgIpc) is 2.59. The fraction of sp³-hybridized carbons (Fsp3) is 0.550. The van der Waals surface area contributed by atoms with E-state index in [1.54, 1.807) is 11.0 Å². The summed E-state index contributed by atoms with van der Waals surface area (Å²) < 4.78 is 5.43. The number of aryl methyl sites for hydroxylation is 1. The van der Waals surface area contributed by atoms with E-state index in [1.165, 1.54) is 0 Å². The van der Waals surface area contributed by atoms with Crippen molar-refractivity contribution in [1.29, 1.82) is 0 Å². The van der Waals surface area contributed by atoms with Crippen molar-refractivity contribution in [2.45, 2.75) is 52.1 Å². The smallest absolute Gasteiger partial charge is 0.410 e. The standard InChI is InChI=1S/C20H27N3O3/c1-20(2,3)26-19(25)23-12-10-14(11-13-23)8-9-17-21-16-7-5-4-6-15(16)18(24)22-17/h4-7,14H,8-13H2,1-3H3,(H,21,22,24). The van der Waals surface area contributed by atoms with E-state index in [-0.39, 0.29) is 11.7 Å². The van der Waals surface area contributed by atoms with Gasteiger partial charge >= 0.3 is 6.09 Å². The van der Waals surface area contributed by atoms with Crippen LogP contribution in [0.15, 0.2) is 29.1 Å². The van der Waals surface area contributed by atoms with Gasteiger partial charge in [-0.05, 0) is 58.1 Å². The molecule has 1 saturated heterocycles. The third-order valence-corrected chi connectivity index (χ3v) is 4.72. The maximum Gasteiger partial charge on any atom is 0.410 e. The zero-order valence-corrected chi connectivity index (χ0v) is 15.7. The Bertz CT molecular complexity index is 830. The first-order valence-corrected chi connectivity index (χ1v) is 9.28. The van der Waals surface area contributed by atoms with Crippen LogP contribution in [0, 0.1) is 5.92 Å². The number of nitrogens with one attached hydrogen (secondary N) is 1. The Hall–Kier alpha value is -2.37. The van der Waals surface area contributed by atoms with E-state index in [9.17, 15) is 9.59 Å². The highest BCUT2D eigenvalue weighted by molar-refractivity contribution is 5.77. The predicted molar refractivity (Wildman–Crippen MR) is 101 cm³/mol. The number of rotatable bonds is 3. The normalized spacial score (nSPS) is 16.0. The Balaban J connectivity index is 1.53. The number of piperidine rings is 1. The molecule has 0 radical (unpaired) electrons. The number of carbonyl (C=O) groups excluding carboxylic acids is 1. The number of ether oxygens (including phenoxy) is 1. The van der Waals surface area contributed by atoms with Crippen LogP contribution in [-0.4, -0.2) is 39.7 Å². The van der Waals surface area contributed by atoms with Gasteiger partial charge in [0.1, 0.15) is 11.4 Å². The van der Waals surface area contributed by atoms with Crippen molar-refractivity contribution in [2.24, 2.45) is 5.92 Å². The maximum absolute atomic E-state index is 12.1. The molecule has 26 heavy (non-hydrogen) atoms. The van der Waals surface area contributed by atoms with Gasteiger partial charge in [-0.15, -0.1) is 0 Å². The number of H-pyrrole nitrogens is 1. The first-order valence-electron chi connectivity index (χ1n) is 9.28. The van der Waals surface area contributed by atoms with Crippen molar-refractivity contribution in [2.75, 3.05) is 13.1 Å². The quantitative estimate of drug-likeness (QED) is 0.912. The van der Waals surface area contributed by atoms with Crippen LogP contribution in [0.3, 0.4) is 0 Å². The first-order chi connectivity index (χ1) is 12.3. The van der Waals surface area contributed by atoms with Crippen LogP contribution in [0.1, 0.15) is 45.9 Å². The molecule has 1 aromatic carbocycles. The molecule has 0 bridgehead atoms. The van der Waals surface area contributed by atoms with Gasteiger partial charge in [-0.2, -0.15) is 0 Å². The maximum atomic E-state index is 12.1. The Morgan fingerprint density at radius 3 is 2.65 bits per heavy atom. The van der Waals surface area contributed by atoms with E-state index in [0.29, 0.717) is 11.3 Å². The lowest BCUT2D eigenvalue weighted by Gasteiger charge is -2.33. The first kappa shape index (κ1) is 18.4. The Kier molecular flexibility index (Phi) is 5.30. The topological polar surface area (TPSA) is 75.3 Å². The Labute approximate surface area is 153 Å². The molecule has 1 aliphatic heterocycles. The van der Waals surface area contributed by atoms with Gasteiger partial charge < -0.3 is 14.6 Å². The zero-order valence-electron chi connectivity index (χ0n) is 15.7. The molecule has 1 N–H and O–H groups in total. The summed E-state index contributed by atoms with van der Waals surface area (Å²) in [4.78, 5) is 33.5. The number of amides is 1. The lowest BCUT2D eigenvalue weighted by atomic mass is 9.92. The number of aromatic amines is 1. The number of nitrogens with zero attached hydrogens (tertiary/aromatic N) is 2. The predicted octanol–water partition coefficient (Wildman–Crippen LogP) is 3.50. The third kappa shape index (κ3) is 4.62. The second kappa shape index (κ2) is 7.48. The molecule has 6 nitrogen and oxygen atoms in total. The van der Waals surface area contributed by atoms with Gasteiger partial charge in [0.05, 0.1) is 10.9 Å². The van der Waals surface area contributed by atoms with Crippen molar-refractivity contribution in [1.82, 2.24) is 14.9 Å². The van der Waals surface area contributed by atoms with Crippen molar-refractivity contribution in [3.05, 3.63) is 40.4 Å². The number of hydrogen-bond donors (Lipinski definition) is 1. The molecule has 0 atom stereocenters. The van der Waals surface area contributed by atoms with Gasteiger partial charge in [0.2, 0.25) is 0 Å². The number of carbonyl (C=O) groups is 1. The highest BCUT2D eigenvalue weighted by atomic mass is 16.6. The summed E-state index contributed by atoms with van der Waals surface area (Å²) in [6.07, 6.45) is 3.39. The largest absolute Gasteiger partial charge is 0.444 e. The fourth-order valence-electron chi connectivity index (χ4n) is 3.32. The van der Waals surface area contributed by atoms with Crippen LogP contribution in [0.2, 0.25) is 0 Å². The summed E-state index contributed by atoms with van der Waals surface area (Å²) >= 11 is 0. The summed E-state index contributed by atoms with van der Waals surface area (Å²) in [7, 11) is 0. The van der Waals surface area contributed by atoms with E-state index in [0.717, 1.165) is 50.1 Å². The highest BCUT2D eigenvalue weighted by Gasteiger charge is 2.26. The van der Waals surface area contributed by atoms with Gasteiger partial charge in [-0.25, -0.2) is 9.78 Å². The SMILES string of the molecule is CC(C)(C)OC(=O)N1CCC(CCc2nc3ccccc3c(=O)[nH]2)CC1. The number of aromatic nitrogens is 2. The van der Waals surface area contributed by atoms with E-state index in [4.69, 9.17) is 4.74 Å². The van der Waals surface area contributed by atoms with Crippen molar-refractivity contribution >= 4 is 17.0 Å². The molecule has 2 heterocycles. The number of fused-ring (bicyclic) bond motifs is 1. The number of hydrogen-bond acceptors (Lipinski definition) is 4. The monoisotopic (exact) mass is 357 g/mol. The van der Waals surface area contributed by atoms with Crippen molar-refractivity contribution < 1.29 is 9.53 Å². The molecule has 1 aromatic heterocycles. The molecule has 1 amide bonds. The Morgan fingerprint density at radius 1 is 1.27 bits per heavy atom. The van der Waals surface area contributed by atoms with Gasteiger partial charge in [-0.1, -0.05) is 12.1 Å². The van der Waals surface area contributed by atoms with Crippen LogP contribution in [0.5, 0.6) is 0 Å². The van der Waals surface area contributed by atoms with Crippen LogP contribution in [0.4, 0.5) is 4.79 Å². The molecular weight excluding hydrogens is 330 g/mol.